The van der Waals surface area contributed by atoms with Crippen molar-refractivity contribution in [3.63, 3.8) is 0 Å². The van der Waals surface area contributed by atoms with Gasteiger partial charge in [0.15, 0.2) is 0 Å². The number of phenolic OH excluding ortho intramolecular Hbond substituents is 1. The normalized spacial score (nSPS) is 12.3. The summed E-state index contributed by atoms with van der Waals surface area (Å²) in [6.07, 6.45) is 22.0. The summed E-state index contributed by atoms with van der Waals surface area (Å²) in [7, 11) is 0. The molecule has 1 aromatic carbocycles. The van der Waals surface area contributed by atoms with E-state index in [1.165, 1.54) is 89.9 Å². The highest BCUT2D eigenvalue weighted by atomic mass is 16.4. The van der Waals surface area contributed by atoms with Crippen LogP contribution in [0.25, 0.3) is 0 Å². The lowest BCUT2D eigenvalue weighted by Crippen LogP contribution is -2.26. The Morgan fingerprint density at radius 2 is 1.00 bits per heavy atom. The molecule has 0 saturated heterocycles. The molecule has 0 radical (unpaired) electrons. The summed E-state index contributed by atoms with van der Waals surface area (Å²) in [5.74, 6) is -0.600. The molecule has 0 aromatic heterocycles. The van der Waals surface area contributed by atoms with Gasteiger partial charge in [-0.25, -0.2) is 4.79 Å². The third-order valence-electron chi connectivity index (χ3n) is 7.41. The first-order valence-electron chi connectivity index (χ1n) is 15.0. The minimum absolute atomic E-state index is 0.304. The van der Waals surface area contributed by atoms with Gasteiger partial charge in [-0.05, 0) is 40.9 Å². The number of aromatic hydroxyl groups is 1. The summed E-state index contributed by atoms with van der Waals surface area (Å²) < 4.78 is 0. The molecular formula is C33H58O3. The lowest BCUT2D eigenvalue weighted by atomic mass is 9.71. The molecular weight excluding hydrogens is 444 g/mol. The second kappa shape index (κ2) is 16.4. The Morgan fingerprint density at radius 3 is 1.33 bits per heavy atom. The maximum absolute atomic E-state index is 12.2. The average molecular weight is 503 g/mol. The van der Waals surface area contributed by atoms with Gasteiger partial charge in [0.1, 0.15) is 5.75 Å². The lowest BCUT2D eigenvalue weighted by Gasteiger charge is -2.33. The highest BCUT2D eigenvalue weighted by Gasteiger charge is 2.33. The summed E-state index contributed by atoms with van der Waals surface area (Å²) in [6.45, 7) is 14.5. The van der Waals surface area contributed by atoms with Gasteiger partial charge in [-0.3, -0.25) is 0 Å². The maximum Gasteiger partial charge on any atom is 0.336 e. The number of carboxylic acid groups (broad SMARTS) is 1. The molecule has 36 heavy (non-hydrogen) atoms. The van der Waals surface area contributed by atoms with Crippen molar-refractivity contribution >= 4 is 5.97 Å². The largest absolute Gasteiger partial charge is 0.507 e. The molecule has 0 fully saturated rings. The molecule has 0 aliphatic heterocycles. The standard InChI is InChI=1S/C33H58O3/c1-8-9-10-11-12-13-14-15-16-17-18-19-20-21-22-23-24-26-25-27(31(35)36)28(32(2,3)4)29(30(26)34)33(5,6)7/h25,34H,8-24H2,1-7H3,(H,35,36). The molecule has 0 amide bonds. The third kappa shape index (κ3) is 11.7. The van der Waals surface area contributed by atoms with Crippen LogP contribution in [0.5, 0.6) is 5.75 Å². The minimum Gasteiger partial charge on any atom is -0.507 e. The number of phenols is 1. The van der Waals surface area contributed by atoms with Crippen LogP contribution in [0.3, 0.4) is 0 Å². The number of aromatic carboxylic acids is 1. The van der Waals surface area contributed by atoms with Crippen molar-refractivity contribution in [1.29, 1.82) is 0 Å². The highest BCUT2D eigenvalue weighted by molar-refractivity contribution is 5.91. The Bertz CT molecular complexity index is 765. The Labute approximate surface area is 223 Å². The Morgan fingerprint density at radius 1 is 0.639 bits per heavy atom. The Balaban J connectivity index is 2.41. The molecule has 1 rings (SSSR count). The van der Waals surface area contributed by atoms with Crippen molar-refractivity contribution in [2.45, 2.75) is 168 Å². The van der Waals surface area contributed by atoms with Gasteiger partial charge in [0.2, 0.25) is 0 Å². The van der Waals surface area contributed by atoms with E-state index in [9.17, 15) is 15.0 Å². The van der Waals surface area contributed by atoms with Crippen LogP contribution < -0.4 is 0 Å². The Kier molecular flexibility index (Phi) is 14.8. The summed E-state index contributed by atoms with van der Waals surface area (Å²) in [5, 5.41) is 21.2. The molecule has 0 heterocycles. The van der Waals surface area contributed by atoms with Crippen LogP contribution in [0.4, 0.5) is 0 Å². The number of carboxylic acids is 1. The van der Waals surface area contributed by atoms with Crippen molar-refractivity contribution in [2.24, 2.45) is 0 Å². The number of hydrogen-bond donors (Lipinski definition) is 2. The number of unbranched alkanes of at least 4 members (excludes halogenated alkanes) is 15. The van der Waals surface area contributed by atoms with E-state index in [1.54, 1.807) is 6.07 Å². The summed E-state index contributed by atoms with van der Waals surface area (Å²) in [6, 6.07) is 1.73. The first-order chi connectivity index (χ1) is 16.9. The number of aryl methyl sites for hydroxylation is 1. The van der Waals surface area contributed by atoms with Gasteiger partial charge in [-0.15, -0.1) is 0 Å². The van der Waals surface area contributed by atoms with Gasteiger partial charge in [0.05, 0.1) is 5.56 Å². The van der Waals surface area contributed by atoms with E-state index in [0.717, 1.165) is 36.0 Å². The first kappa shape index (κ1) is 32.5. The molecule has 1 aromatic rings. The second-order valence-corrected chi connectivity index (χ2v) is 13.0. The Hall–Kier alpha value is -1.51. The van der Waals surface area contributed by atoms with Crippen LogP contribution in [-0.4, -0.2) is 16.2 Å². The van der Waals surface area contributed by atoms with E-state index in [1.807, 2.05) is 20.8 Å². The van der Waals surface area contributed by atoms with Crippen molar-refractivity contribution in [2.75, 3.05) is 0 Å². The quantitative estimate of drug-likeness (QED) is 0.196. The number of carbonyl (C=O) groups is 1. The predicted molar refractivity (Wildman–Crippen MR) is 156 cm³/mol. The van der Waals surface area contributed by atoms with Crippen LogP contribution in [0.1, 0.15) is 178 Å². The van der Waals surface area contributed by atoms with Crippen molar-refractivity contribution in [3.05, 3.63) is 28.3 Å². The zero-order valence-corrected chi connectivity index (χ0v) is 24.9. The van der Waals surface area contributed by atoms with E-state index in [2.05, 4.69) is 27.7 Å². The summed E-state index contributed by atoms with van der Waals surface area (Å²) >= 11 is 0. The van der Waals surface area contributed by atoms with Crippen LogP contribution >= 0.6 is 0 Å². The molecule has 3 nitrogen and oxygen atoms in total. The molecule has 0 aliphatic carbocycles. The smallest absolute Gasteiger partial charge is 0.336 e. The molecule has 3 heteroatoms. The molecule has 208 valence electrons. The number of rotatable bonds is 18. The molecule has 0 bridgehead atoms. The van der Waals surface area contributed by atoms with E-state index in [4.69, 9.17) is 0 Å². The lowest BCUT2D eigenvalue weighted by molar-refractivity contribution is 0.0693. The van der Waals surface area contributed by atoms with Crippen molar-refractivity contribution in [1.82, 2.24) is 0 Å². The highest BCUT2D eigenvalue weighted by Crippen LogP contribution is 2.43. The predicted octanol–water partition coefficient (Wildman–Crippen LogP) is 10.5. The van der Waals surface area contributed by atoms with Crippen LogP contribution in [0, 0.1) is 0 Å². The van der Waals surface area contributed by atoms with Gasteiger partial charge in [0, 0.05) is 5.56 Å². The van der Waals surface area contributed by atoms with E-state index in [-0.39, 0.29) is 10.8 Å². The topological polar surface area (TPSA) is 57.5 Å². The second-order valence-electron chi connectivity index (χ2n) is 13.0. The molecule has 0 aliphatic rings. The van der Waals surface area contributed by atoms with Crippen LogP contribution in [0.15, 0.2) is 6.07 Å². The fraction of sp³-hybridized carbons (Fsp3) is 0.788. The molecule has 0 spiro atoms. The first-order valence-corrected chi connectivity index (χ1v) is 15.0. The van der Waals surface area contributed by atoms with E-state index < -0.39 is 5.97 Å². The third-order valence-corrected chi connectivity index (χ3v) is 7.41. The molecule has 0 saturated carbocycles. The zero-order chi connectivity index (χ0) is 27.2. The SMILES string of the molecule is CCCCCCCCCCCCCCCCCCc1cc(C(=O)O)c(C(C)(C)C)c(C(C)(C)C)c1O. The summed E-state index contributed by atoms with van der Waals surface area (Å²) in [5.41, 5.74) is 1.99. The number of benzene rings is 1. The fourth-order valence-electron chi connectivity index (χ4n) is 5.46. The van der Waals surface area contributed by atoms with Gasteiger partial charge >= 0.3 is 5.97 Å². The average Bonchev–Trinajstić information content (AvgIpc) is 2.77. The van der Waals surface area contributed by atoms with Crippen LogP contribution in [-0.2, 0) is 17.3 Å². The van der Waals surface area contributed by atoms with E-state index >= 15 is 0 Å². The van der Waals surface area contributed by atoms with E-state index in [0.29, 0.717) is 11.3 Å². The molecule has 0 atom stereocenters. The zero-order valence-electron chi connectivity index (χ0n) is 24.9. The van der Waals surface area contributed by atoms with Gasteiger partial charge < -0.3 is 10.2 Å². The summed E-state index contributed by atoms with van der Waals surface area (Å²) in [4.78, 5) is 12.2. The van der Waals surface area contributed by atoms with Crippen LogP contribution in [0.2, 0.25) is 0 Å². The van der Waals surface area contributed by atoms with Crippen molar-refractivity contribution in [3.8, 4) is 5.75 Å². The minimum atomic E-state index is -0.904. The van der Waals surface area contributed by atoms with Gasteiger partial charge in [-0.2, -0.15) is 0 Å². The molecule has 2 N–H and O–H groups in total. The fourth-order valence-corrected chi connectivity index (χ4v) is 5.46. The number of hydrogen-bond acceptors (Lipinski definition) is 2. The molecule has 0 unspecified atom stereocenters. The van der Waals surface area contributed by atoms with Gasteiger partial charge in [0.25, 0.3) is 0 Å². The monoisotopic (exact) mass is 502 g/mol. The van der Waals surface area contributed by atoms with Gasteiger partial charge in [-0.1, -0.05) is 145 Å². The maximum atomic E-state index is 12.2. The van der Waals surface area contributed by atoms with Crippen molar-refractivity contribution < 1.29 is 15.0 Å².